The summed E-state index contributed by atoms with van der Waals surface area (Å²) in [6.07, 6.45) is 1.50. The number of hydrogen-bond donors (Lipinski definition) is 0. The molecule has 0 fully saturated rings. The third-order valence-electron chi connectivity index (χ3n) is 0. The van der Waals surface area contributed by atoms with E-state index in [1.807, 2.05) is 0 Å². The van der Waals surface area contributed by atoms with Gasteiger partial charge in [-0.2, -0.15) is 0 Å². The van der Waals surface area contributed by atoms with Crippen LogP contribution in [0.3, 0.4) is 0 Å². The van der Waals surface area contributed by atoms with Crippen LogP contribution in [-0.4, -0.2) is 0 Å². The minimum atomic E-state index is 0. The van der Waals surface area contributed by atoms with Gasteiger partial charge >= 0.3 is 20.4 Å². The normalized spacial score (nSPS) is 2.40. The van der Waals surface area contributed by atoms with Crippen molar-refractivity contribution in [3.05, 3.63) is 19.6 Å². The minimum Gasteiger partial charge on any atom is -1.00 e. The second-order valence-corrected chi connectivity index (χ2v) is 0.289. The van der Waals surface area contributed by atoms with Crippen LogP contribution < -0.4 is 12.4 Å². The maximum atomic E-state index is 3.25. The first-order chi connectivity index (χ1) is 1.41. The Hall–Kier alpha value is 0.562. The van der Waals surface area contributed by atoms with Crippen LogP contribution in [0.5, 0.6) is 0 Å². The maximum absolute atomic E-state index is 3.25. The zero-order chi connectivity index (χ0) is 2.71. The van der Waals surface area contributed by atoms with Gasteiger partial charge in [0.2, 0.25) is 0 Å². The van der Waals surface area contributed by atoms with Gasteiger partial charge in [-0.3, -0.25) is 0 Å². The van der Waals surface area contributed by atoms with Gasteiger partial charge in [0, 0.05) is 0 Å². The average Bonchev–Trinajstić information content (AvgIpc) is 0.918. The van der Waals surface area contributed by atoms with Crippen LogP contribution in [0.2, 0.25) is 0 Å². The Morgan fingerprint density at radius 2 is 1.60 bits per heavy atom. The van der Waals surface area contributed by atoms with Gasteiger partial charge in [0.25, 0.3) is 0 Å². The maximum Gasteiger partial charge on any atom is 2.00 e. The Kier molecular flexibility index (Phi) is 83.7. The molecule has 0 unspecified atom stereocenters. The first-order valence-corrected chi connectivity index (χ1v) is 0.816. The first kappa shape index (κ1) is 17.6. The van der Waals surface area contributed by atoms with Crippen molar-refractivity contribution < 1.29 is 32.8 Å². The molecule has 5 heavy (non-hydrogen) atoms. The summed E-state index contributed by atoms with van der Waals surface area (Å²) in [6, 6.07) is 0. The third kappa shape index (κ3) is 94.7. The number of hydrogen-bond acceptors (Lipinski definition) is 0. The molecule has 0 aromatic rings. The summed E-state index contributed by atoms with van der Waals surface area (Å²) >= 11 is 0. The van der Waals surface area contributed by atoms with Gasteiger partial charge < -0.3 is 12.4 Å². The Bertz CT molecular complexity index is 14.4. The molecule has 2 heteroatoms. The SMILES string of the molecule is C=C[CH2-].[Cl-].[Pd+2]. The quantitative estimate of drug-likeness (QED) is 0.301. The Labute approximate surface area is 52.7 Å². The van der Waals surface area contributed by atoms with Gasteiger partial charge in [0.15, 0.2) is 0 Å². The molecule has 0 saturated carbocycles. The zero-order valence-electron chi connectivity index (χ0n) is 2.69. The van der Waals surface area contributed by atoms with E-state index < -0.39 is 0 Å². The van der Waals surface area contributed by atoms with Gasteiger partial charge in [-0.15, -0.1) is 0 Å². The fourth-order valence-corrected chi connectivity index (χ4v) is 0. The summed E-state index contributed by atoms with van der Waals surface area (Å²) in [5, 5.41) is 0. The monoisotopic (exact) mass is 182 g/mol. The van der Waals surface area contributed by atoms with Crippen molar-refractivity contribution in [2.75, 3.05) is 0 Å². The van der Waals surface area contributed by atoms with Gasteiger partial charge in [0.1, 0.15) is 0 Å². The van der Waals surface area contributed by atoms with E-state index in [0.29, 0.717) is 0 Å². The van der Waals surface area contributed by atoms with Crippen LogP contribution in [0.1, 0.15) is 0 Å². The second-order valence-electron chi connectivity index (χ2n) is 0.289. The summed E-state index contributed by atoms with van der Waals surface area (Å²) in [5.41, 5.74) is 0. The summed E-state index contributed by atoms with van der Waals surface area (Å²) in [6.45, 7) is 6.50. The Morgan fingerprint density at radius 3 is 1.60 bits per heavy atom. The smallest absolute Gasteiger partial charge is 1.00 e. The molecule has 0 bridgehead atoms. The molecule has 0 aliphatic rings. The van der Waals surface area contributed by atoms with Crippen molar-refractivity contribution >= 4 is 0 Å². The van der Waals surface area contributed by atoms with Crippen molar-refractivity contribution in [1.29, 1.82) is 0 Å². The van der Waals surface area contributed by atoms with E-state index >= 15 is 0 Å². The van der Waals surface area contributed by atoms with E-state index in [1.54, 1.807) is 0 Å². The summed E-state index contributed by atoms with van der Waals surface area (Å²) < 4.78 is 0. The molecule has 0 aliphatic heterocycles. The molecule has 0 rings (SSSR count). The van der Waals surface area contributed by atoms with E-state index in [9.17, 15) is 0 Å². The third-order valence-corrected chi connectivity index (χ3v) is 0. The second kappa shape index (κ2) is 23.7. The average molecular weight is 183 g/mol. The van der Waals surface area contributed by atoms with Crippen LogP contribution in [0.25, 0.3) is 0 Å². The van der Waals surface area contributed by atoms with Crippen molar-refractivity contribution in [1.82, 2.24) is 0 Å². The molecule has 0 nitrogen and oxygen atoms in total. The van der Waals surface area contributed by atoms with Crippen LogP contribution in [0.15, 0.2) is 12.7 Å². The molecule has 0 radical (unpaired) electrons. The molecular weight excluding hydrogens is 178 g/mol. The summed E-state index contributed by atoms with van der Waals surface area (Å²) in [7, 11) is 0. The van der Waals surface area contributed by atoms with E-state index in [0.717, 1.165) is 0 Å². The number of rotatable bonds is 0. The predicted molar refractivity (Wildman–Crippen MR) is 15.6 cm³/mol. The zero-order valence-corrected chi connectivity index (χ0v) is 5.00. The van der Waals surface area contributed by atoms with Gasteiger partial charge in [-0.05, 0) is 0 Å². The molecule has 0 N–H and O–H groups in total. The van der Waals surface area contributed by atoms with Crippen LogP contribution in [-0.2, 0) is 20.4 Å². The molecule has 0 aliphatic carbocycles. The van der Waals surface area contributed by atoms with E-state index in [1.165, 1.54) is 6.08 Å². The van der Waals surface area contributed by atoms with E-state index in [4.69, 9.17) is 0 Å². The number of allylic oxidation sites excluding steroid dienone is 1. The first-order valence-electron chi connectivity index (χ1n) is 0.816. The van der Waals surface area contributed by atoms with Crippen LogP contribution in [0.4, 0.5) is 0 Å². The molecule has 34 valence electrons. The largest absolute Gasteiger partial charge is 2.00 e. The molecular formula is C3H5ClPd. The van der Waals surface area contributed by atoms with Crippen LogP contribution >= 0.6 is 0 Å². The fourth-order valence-electron chi connectivity index (χ4n) is 0. The van der Waals surface area contributed by atoms with Gasteiger partial charge in [0.05, 0.1) is 0 Å². The Morgan fingerprint density at radius 1 is 1.60 bits per heavy atom. The van der Waals surface area contributed by atoms with E-state index in [2.05, 4.69) is 13.5 Å². The fraction of sp³-hybridized carbons (Fsp3) is 0. The van der Waals surface area contributed by atoms with Crippen molar-refractivity contribution in [2.24, 2.45) is 0 Å². The predicted octanol–water partition coefficient (Wildman–Crippen LogP) is -1.99. The summed E-state index contributed by atoms with van der Waals surface area (Å²) in [5.74, 6) is 0. The molecule has 0 aromatic heterocycles. The Balaban J connectivity index is -0.0000000200. The molecule has 0 atom stereocenters. The molecule has 0 saturated heterocycles. The molecule has 0 amide bonds. The summed E-state index contributed by atoms with van der Waals surface area (Å²) in [4.78, 5) is 0. The molecule has 0 spiro atoms. The van der Waals surface area contributed by atoms with Gasteiger partial charge in [-0.25, -0.2) is 19.6 Å². The van der Waals surface area contributed by atoms with Crippen molar-refractivity contribution in [3.63, 3.8) is 0 Å². The molecule has 0 aromatic carbocycles. The van der Waals surface area contributed by atoms with Crippen molar-refractivity contribution in [3.8, 4) is 0 Å². The van der Waals surface area contributed by atoms with Crippen LogP contribution in [0, 0.1) is 6.92 Å². The number of halogens is 1. The minimum absolute atomic E-state index is 0. The van der Waals surface area contributed by atoms with Crippen molar-refractivity contribution in [2.45, 2.75) is 0 Å². The molecule has 0 heterocycles. The van der Waals surface area contributed by atoms with E-state index in [-0.39, 0.29) is 32.8 Å². The topological polar surface area (TPSA) is 0 Å². The van der Waals surface area contributed by atoms with Gasteiger partial charge in [-0.1, -0.05) is 0 Å². The standard InChI is InChI=1S/C3H5.ClH.Pd/c1-3-2;;/h3H,1-2H2;1H;/q-1;;+2/p-1.